The van der Waals surface area contributed by atoms with Crippen LogP contribution in [0.1, 0.15) is 32.6 Å². The molecule has 3 aromatic rings. The van der Waals surface area contributed by atoms with Crippen LogP contribution in [0.2, 0.25) is 0 Å². The van der Waals surface area contributed by atoms with Gasteiger partial charge in [0.15, 0.2) is 0 Å². The predicted molar refractivity (Wildman–Crippen MR) is 119 cm³/mol. The van der Waals surface area contributed by atoms with Gasteiger partial charge < -0.3 is 15.5 Å². The quantitative estimate of drug-likeness (QED) is 0.676. The predicted octanol–water partition coefficient (Wildman–Crippen LogP) is 4.20. The fourth-order valence-electron chi connectivity index (χ4n) is 3.70. The van der Waals surface area contributed by atoms with E-state index >= 15 is 0 Å². The summed E-state index contributed by atoms with van der Waals surface area (Å²) in [6.45, 7) is 3.55. The van der Waals surface area contributed by atoms with Crippen LogP contribution in [0.15, 0.2) is 72.8 Å². The molecular formula is C25H25N3O2. The molecule has 0 unspecified atom stereocenters. The number of carbonyl (C=O) groups is 2. The Labute approximate surface area is 176 Å². The number of urea groups is 1. The average molecular weight is 399 g/mol. The maximum Gasteiger partial charge on any atom is 0.315 e. The van der Waals surface area contributed by atoms with E-state index in [2.05, 4.69) is 16.7 Å². The van der Waals surface area contributed by atoms with Gasteiger partial charge in [0.1, 0.15) is 0 Å². The van der Waals surface area contributed by atoms with E-state index in [1.807, 2.05) is 78.6 Å². The second-order valence-corrected chi connectivity index (χ2v) is 7.56. The molecule has 0 spiro atoms. The first kappa shape index (κ1) is 19.7. The van der Waals surface area contributed by atoms with Gasteiger partial charge >= 0.3 is 6.03 Å². The normalized spacial score (nSPS) is 12.4. The zero-order chi connectivity index (χ0) is 20.9. The lowest BCUT2D eigenvalue weighted by Gasteiger charge is -2.18. The molecule has 0 saturated carbocycles. The number of rotatable bonds is 5. The van der Waals surface area contributed by atoms with Crippen LogP contribution < -0.4 is 15.5 Å². The Bertz CT molecular complexity index is 1060. The van der Waals surface area contributed by atoms with E-state index in [0.29, 0.717) is 25.2 Å². The Balaban J connectivity index is 1.39. The van der Waals surface area contributed by atoms with Crippen LogP contribution in [0.25, 0.3) is 0 Å². The maximum atomic E-state index is 13.0. The minimum absolute atomic E-state index is 0.0168. The van der Waals surface area contributed by atoms with Gasteiger partial charge in [-0.2, -0.15) is 0 Å². The van der Waals surface area contributed by atoms with Gasteiger partial charge in [-0.25, -0.2) is 4.79 Å². The van der Waals surface area contributed by atoms with Gasteiger partial charge in [-0.1, -0.05) is 60.2 Å². The second-order valence-electron chi connectivity index (χ2n) is 7.56. The summed E-state index contributed by atoms with van der Waals surface area (Å²) < 4.78 is 0. The van der Waals surface area contributed by atoms with Crippen LogP contribution in [0.3, 0.4) is 0 Å². The third-order valence-corrected chi connectivity index (χ3v) is 5.30. The van der Waals surface area contributed by atoms with Crippen molar-refractivity contribution in [3.63, 3.8) is 0 Å². The topological polar surface area (TPSA) is 61.4 Å². The highest BCUT2D eigenvalue weighted by Gasteiger charge is 2.25. The highest BCUT2D eigenvalue weighted by molar-refractivity contribution is 6.07. The monoisotopic (exact) mass is 399 g/mol. The molecule has 0 saturated heterocycles. The fourth-order valence-corrected chi connectivity index (χ4v) is 3.70. The summed E-state index contributed by atoms with van der Waals surface area (Å²) >= 11 is 0. The molecule has 30 heavy (non-hydrogen) atoms. The lowest BCUT2D eigenvalue weighted by atomic mass is 10.1. The first-order valence-corrected chi connectivity index (χ1v) is 10.2. The maximum absolute atomic E-state index is 13.0. The van der Waals surface area contributed by atoms with Crippen molar-refractivity contribution in [1.82, 2.24) is 10.6 Å². The van der Waals surface area contributed by atoms with Gasteiger partial charge in [0.2, 0.25) is 0 Å². The highest BCUT2D eigenvalue weighted by atomic mass is 16.2. The third kappa shape index (κ3) is 4.51. The van der Waals surface area contributed by atoms with Crippen molar-refractivity contribution in [2.45, 2.75) is 26.4 Å². The third-order valence-electron chi connectivity index (χ3n) is 5.30. The van der Waals surface area contributed by atoms with Crippen LogP contribution in [0.4, 0.5) is 10.5 Å². The lowest BCUT2D eigenvalue weighted by molar-refractivity contribution is 0.0989. The van der Waals surface area contributed by atoms with Crippen LogP contribution in [-0.4, -0.2) is 18.5 Å². The molecule has 152 valence electrons. The number of hydrogen-bond donors (Lipinski definition) is 2. The van der Waals surface area contributed by atoms with Crippen molar-refractivity contribution >= 4 is 17.6 Å². The van der Waals surface area contributed by atoms with E-state index in [1.165, 1.54) is 0 Å². The number of nitrogens with zero attached hydrogens (tertiary/aromatic N) is 1. The molecule has 1 aliphatic rings. The molecule has 5 heteroatoms. The molecule has 0 fully saturated rings. The number of amides is 3. The number of nitrogens with one attached hydrogen (secondary N) is 2. The Morgan fingerprint density at radius 3 is 2.40 bits per heavy atom. The Hall–Kier alpha value is -3.60. The molecule has 3 amide bonds. The molecule has 1 heterocycles. The van der Waals surface area contributed by atoms with E-state index in [1.54, 1.807) is 0 Å². The molecule has 4 rings (SSSR count). The van der Waals surface area contributed by atoms with E-state index < -0.39 is 0 Å². The standard InChI is InChI=1S/C25H25N3O2/c1-18-6-5-9-22(14-18)24(29)28-13-12-21-11-10-20(15-23(21)28)17-27-25(30)26-16-19-7-3-2-4-8-19/h2-11,14-15H,12-13,16-17H2,1H3,(H2,26,27,30). The molecule has 0 aromatic heterocycles. The SMILES string of the molecule is Cc1cccc(C(=O)N2CCc3ccc(CNC(=O)NCc4ccccc4)cc32)c1. The summed E-state index contributed by atoms with van der Waals surface area (Å²) in [4.78, 5) is 27.0. The molecule has 1 aliphatic heterocycles. The molecular weight excluding hydrogens is 374 g/mol. The van der Waals surface area contributed by atoms with Crippen LogP contribution in [0.5, 0.6) is 0 Å². The first-order valence-electron chi connectivity index (χ1n) is 10.2. The summed E-state index contributed by atoms with van der Waals surface area (Å²) in [6, 6.07) is 23.3. The second kappa shape index (κ2) is 8.82. The summed E-state index contributed by atoms with van der Waals surface area (Å²) in [5.74, 6) is 0.0168. The fraction of sp³-hybridized carbons (Fsp3) is 0.200. The van der Waals surface area contributed by atoms with Crippen LogP contribution >= 0.6 is 0 Å². The number of benzene rings is 3. The minimum Gasteiger partial charge on any atom is -0.334 e. The van der Waals surface area contributed by atoms with Gasteiger partial charge in [0.05, 0.1) is 0 Å². The zero-order valence-corrected chi connectivity index (χ0v) is 17.0. The van der Waals surface area contributed by atoms with Crippen molar-refractivity contribution < 1.29 is 9.59 Å². The largest absolute Gasteiger partial charge is 0.334 e. The van der Waals surface area contributed by atoms with Crippen LogP contribution in [0, 0.1) is 6.92 Å². The van der Waals surface area contributed by atoms with Crippen molar-refractivity contribution in [1.29, 1.82) is 0 Å². The summed E-state index contributed by atoms with van der Waals surface area (Å²) in [5, 5.41) is 5.75. The van der Waals surface area contributed by atoms with Crippen LogP contribution in [-0.2, 0) is 19.5 Å². The Morgan fingerprint density at radius 2 is 1.63 bits per heavy atom. The smallest absolute Gasteiger partial charge is 0.315 e. The van der Waals surface area contributed by atoms with E-state index in [0.717, 1.165) is 34.4 Å². The van der Waals surface area contributed by atoms with Crippen molar-refractivity contribution in [2.24, 2.45) is 0 Å². The number of hydrogen-bond acceptors (Lipinski definition) is 2. The Kier molecular flexibility index (Phi) is 5.80. The van der Waals surface area contributed by atoms with E-state index in [-0.39, 0.29) is 11.9 Å². The summed E-state index contributed by atoms with van der Waals surface area (Å²) in [7, 11) is 0. The molecule has 0 aliphatic carbocycles. The average Bonchev–Trinajstić information content (AvgIpc) is 3.19. The van der Waals surface area contributed by atoms with Gasteiger partial charge in [0.25, 0.3) is 5.91 Å². The van der Waals surface area contributed by atoms with E-state index in [9.17, 15) is 9.59 Å². The number of aryl methyl sites for hydroxylation is 1. The Morgan fingerprint density at radius 1 is 0.867 bits per heavy atom. The molecule has 0 radical (unpaired) electrons. The van der Waals surface area contributed by atoms with Gasteiger partial charge in [-0.3, -0.25) is 4.79 Å². The molecule has 0 atom stereocenters. The first-order chi connectivity index (χ1) is 14.6. The molecule has 2 N–H and O–H groups in total. The number of anilines is 1. The zero-order valence-electron chi connectivity index (χ0n) is 17.0. The van der Waals surface area contributed by atoms with E-state index in [4.69, 9.17) is 0 Å². The van der Waals surface area contributed by atoms with Gasteiger partial charge in [-0.05, 0) is 48.2 Å². The molecule has 0 bridgehead atoms. The molecule has 5 nitrogen and oxygen atoms in total. The lowest BCUT2D eigenvalue weighted by Crippen LogP contribution is -2.34. The van der Waals surface area contributed by atoms with Crippen molar-refractivity contribution in [3.05, 3.63) is 101 Å². The van der Waals surface area contributed by atoms with Gasteiger partial charge in [-0.15, -0.1) is 0 Å². The van der Waals surface area contributed by atoms with Crippen molar-refractivity contribution in [3.8, 4) is 0 Å². The summed E-state index contributed by atoms with van der Waals surface area (Å²) in [6.07, 6.45) is 0.845. The number of carbonyl (C=O) groups excluding carboxylic acids is 2. The van der Waals surface area contributed by atoms with Crippen molar-refractivity contribution in [2.75, 3.05) is 11.4 Å². The molecule has 3 aromatic carbocycles. The number of fused-ring (bicyclic) bond motifs is 1. The minimum atomic E-state index is -0.216. The highest BCUT2D eigenvalue weighted by Crippen LogP contribution is 2.30. The summed E-state index contributed by atoms with van der Waals surface area (Å²) in [5.41, 5.74) is 5.88. The van der Waals surface area contributed by atoms with Gasteiger partial charge in [0, 0.05) is 30.9 Å².